The van der Waals surface area contributed by atoms with Gasteiger partial charge in [0.15, 0.2) is 11.4 Å². The molecule has 2 rings (SSSR count). The van der Waals surface area contributed by atoms with E-state index in [1.165, 1.54) is 12.2 Å². The number of rotatable bonds is 4. The van der Waals surface area contributed by atoms with Gasteiger partial charge in [-0.15, -0.1) is 0 Å². The third-order valence-corrected chi connectivity index (χ3v) is 2.95. The Balaban J connectivity index is 2.32. The Morgan fingerprint density at radius 1 is 1.00 bits per heavy atom. The van der Waals surface area contributed by atoms with Crippen molar-refractivity contribution in [2.75, 3.05) is 0 Å². The van der Waals surface area contributed by atoms with Crippen LogP contribution in [0.1, 0.15) is 13.8 Å². The van der Waals surface area contributed by atoms with E-state index in [0.717, 1.165) is 0 Å². The minimum atomic E-state index is -0.991. The van der Waals surface area contributed by atoms with Crippen LogP contribution in [0.5, 0.6) is 0 Å². The summed E-state index contributed by atoms with van der Waals surface area (Å²) in [6.45, 7) is 3.69. The Hall–Kier alpha value is -2.60. The highest BCUT2D eigenvalue weighted by Gasteiger charge is 2.28. The van der Waals surface area contributed by atoms with Crippen molar-refractivity contribution in [1.29, 1.82) is 0 Å². The predicted octanol–water partition coefficient (Wildman–Crippen LogP) is 2.75. The number of hydrogen-bond acceptors (Lipinski definition) is 2. The van der Waals surface area contributed by atoms with Crippen molar-refractivity contribution in [3.05, 3.63) is 70.9 Å². The van der Waals surface area contributed by atoms with E-state index in [4.69, 9.17) is 5.11 Å². The molecule has 20 heavy (non-hydrogen) atoms. The van der Waals surface area contributed by atoms with Gasteiger partial charge >= 0.3 is 5.97 Å². The van der Waals surface area contributed by atoms with Crippen LogP contribution in [0.25, 0.3) is 0 Å². The quantitative estimate of drug-likeness (QED) is 0.796. The van der Waals surface area contributed by atoms with Crippen LogP contribution in [0, 0.1) is 18.1 Å². The van der Waals surface area contributed by atoms with E-state index in [9.17, 15) is 9.59 Å². The number of allylic oxidation sites excluding steroid dienone is 10. The molecule has 0 atom stereocenters. The maximum Gasteiger partial charge on any atom is 0.356 e. The first-order valence-electron chi connectivity index (χ1n) is 6.30. The third-order valence-electron chi connectivity index (χ3n) is 2.95. The van der Waals surface area contributed by atoms with E-state index in [0.29, 0.717) is 16.7 Å². The summed E-state index contributed by atoms with van der Waals surface area (Å²) in [4.78, 5) is 23.0. The van der Waals surface area contributed by atoms with E-state index in [-0.39, 0.29) is 17.3 Å². The number of carbonyl (C=O) groups is 2. The number of Topliss-reactive ketones (excluding diaryl/α,β-unsaturated/α-hetero) is 1. The van der Waals surface area contributed by atoms with Crippen molar-refractivity contribution < 1.29 is 14.7 Å². The van der Waals surface area contributed by atoms with Gasteiger partial charge in [-0.3, -0.25) is 4.79 Å². The third kappa shape index (κ3) is 2.86. The van der Waals surface area contributed by atoms with Crippen molar-refractivity contribution in [3.8, 4) is 0 Å². The second-order valence-electron chi connectivity index (χ2n) is 4.81. The smallest absolute Gasteiger partial charge is 0.356 e. The maximum absolute atomic E-state index is 12.0. The molecule has 3 heteroatoms. The molecule has 1 N–H and O–H groups in total. The molecule has 0 saturated heterocycles. The normalized spacial score (nSPS) is 16.6. The molecule has 0 aliphatic heterocycles. The molecule has 0 unspecified atom stereocenters. The van der Waals surface area contributed by atoms with Crippen LogP contribution in [0.2, 0.25) is 0 Å². The zero-order valence-electron chi connectivity index (χ0n) is 11.3. The summed E-state index contributed by atoms with van der Waals surface area (Å²) in [7, 11) is 0. The SMILES string of the molecule is CC(C)C(=O)C1=CC(C2=[C+]C=CC(C(=O)O)=C2)=[C+]C=C1. The van der Waals surface area contributed by atoms with Crippen molar-refractivity contribution in [3.63, 3.8) is 0 Å². The molecule has 0 aromatic heterocycles. The summed E-state index contributed by atoms with van der Waals surface area (Å²) in [6.07, 6.45) is 15.7. The van der Waals surface area contributed by atoms with Gasteiger partial charge in [0.1, 0.15) is 5.57 Å². The van der Waals surface area contributed by atoms with Gasteiger partial charge < -0.3 is 5.11 Å². The number of hydrogen-bond donors (Lipinski definition) is 1. The van der Waals surface area contributed by atoms with Gasteiger partial charge in [-0.2, -0.15) is 0 Å². The fourth-order valence-corrected chi connectivity index (χ4v) is 1.86. The van der Waals surface area contributed by atoms with E-state index in [1.54, 1.807) is 24.3 Å². The van der Waals surface area contributed by atoms with Gasteiger partial charge in [-0.25, -0.2) is 4.79 Å². The zero-order valence-corrected chi connectivity index (χ0v) is 11.3. The topological polar surface area (TPSA) is 54.4 Å². The van der Waals surface area contributed by atoms with Crippen LogP contribution >= 0.6 is 0 Å². The molecule has 0 spiro atoms. The Morgan fingerprint density at radius 2 is 1.50 bits per heavy atom. The van der Waals surface area contributed by atoms with Crippen LogP contribution < -0.4 is 0 Å². The highest BCUT2D eigenvalue weighted by atomic mass is 16.4. The largest absolute Gasteiger partial charge is 0.476 e. The average Bonchev–Trinajstić information content (AvgIpc) is 2.46. The fourth-order valence-electron chi connectivity index (χ4n) is 1.86. The highest BCUT2D eigenvalue weighted by molar-refractivity contribution is 6.00. The van der Waals surface area contributed by atoms with Gasteiger partial charge in [0.05, 0.1) is 36.5 Å². The van der Waals surface area contributed by atoms with Gasteiger partial charge in [0.2, 0.25) is 11.1 Å². The summed E-state index contributed by atoms with van der Waals surface area (Å²) < 4.78 is 0. The van der Waals surface area contributed by atoms with Crippen molar-refractivity contribution >= 4 is 11.8 Å². The molecular weight excluding hydrogens is 252 g/mol. The van der Waals surface area contributed by atoms with Gasteiger partial charge in [0.25, 0.3) is 0 Å². The lowest BCUT2D eigenvalue weighted by Gasteiger charge is -2.02. The predicted molar refractivity (Wildman–Crippen MR) is 75.4 cm³/mol. The summed E-state index contributed by atoms with van der Waals surface area (Å²) >= 11 is 0. The Labute approximate surface area is 118 Å². The van der Waals surface area contributed by atoms with Crippen LogP contribution in [0.3, 0.4) is 0 Å². The molecule has 2 aliphatic carbocycles. The molecule has 3 nitrogen and oxygen atoms in total. The van der Waals surface area contributed by atoms with E-state index in [2.05, 4.69) is 12.2 Å². The van der Waals surface area contributed by atoms with Gasteiger partial charge in [-0.05, 0) is 0 Å². The number of carbonyl (C=O) groups excluding carboxylic acids is 1. The number of ketones is 1. The van der Waals surface area contributed by atoms with Gasteiger partial charge in [0, 0.05) is 18.1 Å². The van der Waals surface area contributed by atoms with E-state index < -0.39 is 5.97 Å². The van der Waals surface area contributed by atoms with Crippen molar-refractivity contribution in [1.82, 2.24) is 0 Å². The monoisotopic (exact) mass is 266 g/mol. The minimum Gasteiger partial charge on any atom is -0.476 e. The Morgan fingerprint density at radius 3 is 2.00 bits per heavy atom. The molecule has 0 radical (unpaired) electrons. The van der Waals surface area contributed by atoms with E-state index >= 15 is 0 Å². The second kappa shape index (κ2) is 5.58. The van der Waals surface area contributed by atoms with Crippen molar-refractivity contribution in [2.45, 2.75) is 13.8 Å². The summed E-state index contributed by atoms with van der Waals surface area (Å²) in [6, 6.07) is 0. The minimum absolute atomic E-state index is 0.0506. The van der Waals surface area contributed by atoms with E-state index in [1.807, 2.05) is 13.8 Å². The van der Waals surface area contributed by atoms with Crippen LogP contribution in [0.4, 0.5) is 0 Å². The summed E-state index contributed by atoms with van der Waals surface area (Å²) in [5, 5.41) is 8.99. The first kappa shape index (κ1) is 13.8. The lowest BCUT2D eigenvalue weighted by atomic mass is 9.91. The molecule has 0 saturated carbocycles. The van der Waals surface area contributed by atoms with Crippen LogP contribution in [0.15, 0.2) is 58.7 Å². The second-order valence-corrected chi connectivity index (χ2v) is 4.81. The van der Waals surface area contributed by atoms with Gasteiger partial charge in [-0.1, -0.05) is 13.8 Å². The average molecular weight is 266 g/mol. The molecular formula is C17H14O3+2. The number of carboxylic acids is 1. The Bertz CT molecular complexity index is 635. The first-order valence-corrected chi connectivity index (χ1v) is 6.30. The highest BCUT2D eigenvalue weighted by Crippen LogP contribution is 2.24. The Kier molecular flexibility index (Phi) is 3.86. The first-order chi connectivity index (χ1) is 9.49. The number of aliphatic carboxylic acids is 1. The van der Waals surface area contributed by atoms with Crippen LogP contribution in [-0.2, 0) is 9.59 Å². The van der Waals surface area contributed by atoms with Crippen molar-refractivity contribution in [2.24, 2.45) is 5.92 Å². The van der Waals surface area contributed by atoms with Crippen LogP contribution in [-0.4, -0.2) is 16.9 Å². The lowest BCUT2D eigenvalue weighted by molar-refractivity contribution is -0.132. The number of carboxylic acid groups (broad SMARTS) is 1. The lowest BCUT2D eigenvalue weighted by Crippen LogP contribution is -2.10. The molecule has 2 aliphatic rings. The maximum atomic E-state index is 12.0. The molecule has 0 fully saturated rings. The molecule has 0 aromatic rings. The summed E-state index contributed by atoms with van der Waals surface area (Å²) in [5.74, 6) is -1.02. The fraction of sp³-hybridized carbons (Fsp3) is 0.176. The molecule has 98 valence electrons. The molecule has 0 aromatic carbocycles. The molecule has 0 bridgehead atoms. The summed E-state index contributed by atoms with van der Waals surface area (Å²) in [5.41, 5.74) is 2.07. The zero-order chi connectivity index (χ0) is 14.7. The molecule has 0 amide bonds. The molecule has 0 heterocycles. The standard InChI is InChI=1S/C17H13O3/c1-11(2)16(18)14-7-3-5-12(9-14)13-6-4-8-15(10-13)17(19)20/h3-4,7-11H,1-2H3/q+1/p+1.